The van der Waals surface area contributed by atoms with Gasteiger partial charge in [0.25, 0.3) is 11.8 Å². The Hall–Kier alpha value is -4.40. The van der Waals surface area contributed by atoms with E-state index in [4.69, 9.17) is 23.7 Å². The van der Waals surface area contributed by atoms with Crippen molar-refractivity contribution in [3.05, 3.63) is 72.3 Å². The molecule has 0 saturated heterocycles. The fourth-order valence-electron chi connectivity index (χ4n) is 3.76. The largest absolute Gasteiger partial charge is 0.495 e. The molecule has 0 aromatic heterocycles. The van der Waals surface area contributed by atoms with Crippen molar-refractivity contribution in [1.29, 1.82) is 0 Å². The molecule has 0 radical (unpaired) electrons. The number of likely N-dealkylation sites (N-methyl/N-ethyl adjacent to an activating group) is 1. The molecule has 0 saturated carbocycles. The number of rotatable bonds is 9. The molecule has 36 heavy (non-hydrogen) atoms. The Morgan fingerprint density at radius 3 is 2.44 bits per heavy atom. The van der Waals surface area contributed by atoms with Crippen LogP contribution >= 0.6 is 0 Å². The Morgan fingerprint density at radius 1 is 0.944 bits per heavy atom. The van der Waals surface area contributed by atoms with Crippen LogP contribution in [0.4, 0.5) is 5.69 Å². The molecule has 1 heterocycles. The van der Waals surface area contributed by atoms with Crippen molar-refractivity contribution in [2.75, 3.05) is 46.3 Å². The minimum Gasteiger partial charge on any atom is -0.495 e. The highest BCUT2D eigenvalue weighted by atomic mass is 16.6. The Morgan fingerprint density at radius 2 is 1.67 bits per heavy atom. The molecule has 9 heteroatoms. The number of amides is 2. The summed E-state index contributed by atoms with van der Waals surface area (Å²) in [6.45, 7) is 0.445. The molecule has 3 aromatic carbocycles. The van der Waals surface area contributed by atoms with E-state index in [1.807, 2.05) is 30.3 Å². The van der Waals surface area contributed by atoms with Crippen molar-refractivity contribution in [3.8, 4) is 28.7 Å². The Balaban J connectivity index is 1.35. The van der Waals surface area contributed by atoms with Gasteiger partial charge in [-0.3, -0.25) is 9.59 Å². The summed E-state index contributed by atoms with van der Waals surface area (Å²) in [5.74, 6) is 2.00. The van der Waals surface area contributed by atoms with Gasteiger partial charge in [0, 0.05) is 12.6 Å². The van der Waals surface area contributed by atoms with Gasteiger partial charge in [0.15, 0.2) is 35.7 Å². The predicted octanol–water partition coefficient (Wildman–Crippen LogP) is 3.63. The number of benzene rings is 3. The van der Waals surface area contributed by atoms with Crippen molar-refractivity contribution in [3.63, 3.8) is 0 Å². The summed E-state index contributed by atoms with van der Waals surface area (Å²) in [6.07, 6.45) is -0.292. The number of ether oxygens (including phenoxy) is 5. The van der Waals surface area contributed by atoms with Crippen LogP contribution < -0.4 is 29.0 Å². The number of nitrogens with one attached hydrogen (secondary N) is 1. The monoisotopic (exact) mass is 492 g/mol. The van der Waals surface area contributed by atoms with E-state index in [-0.39, 0.29) is 24.5 Å². The molecule has 0 spiro atoms. The van der Waals surface area contributed by atoms with E-state index >= 15 is 0 Å². The summed E-state index contributed by atoms with van der Waals surface area (Å²) >= 11 is 0. The summed E-state index contributed by atoms with van der Waals surface area (Å²) in [6, 6.07) is 19.3. The molecule has 4 rings (SSSR count). The van der Waals surface area contributed by atoms with Gasteiger partial charge < -0.3 is 33.9 Å². The summed E-state index contributed by atoms with van der Waals surface area (Å²) in [7, 11) is 4.70. The van der Waals surface area contributed by atoms with Crippen molar-refractivity contribution in [2.45, 2.75) is 6.10 Å². The van der Waals surface area contributed by atoms with Crippen molar-refractivity contribution >= 4 is 17.5 Å². The molecule has 1 aliphatic heterocycles. The number of hydrogen-bond donors (Lipinski definition) is 1. The highest BCUT2D eigenvalue weighted by Crippen LogP contribution is 2.32. The van der Waals surface area contributed by atoms with Crippen LogP contribution in [0.5, 0.6) is 28.7 Å². The molecule has 2 amide bonds. The topological polar surface area (TPSA) is 95.6 Å². The lowest BCUT2D eigenvalue weighted by Gasteiger charge is -2.29. The third-order valence-electron chi connectivity index (χ3n) is 5.54. The zero-order chi connectivity index (χ0) is 25.5. The summed E-state index contributed by atoms with van der Waals surface area (Å²) < 4.78 is 28.0. The van der Waals surface area contributed by atoms with Crippen LogP contribution in [0.1, 0.15) is 10.4 Å². The number of carbonyl (C=O) groups excluding carboxylic acids is 2. The zero-order valence-electron chi connectivity index (χ0n) is 20.4. The SMILES string of the molecule is COc1ccccc1NC(=O)COc1ccc(C(=O)N(C)C[C@@H]2COc3ccccc3O2)cc1OC. The number of para-hydroxylation sites is 4. The molecule has 0 unspecified atom stereocenters. The molecule has 0 fully saturated rings. The minimum absolute atomic E-state index is 0.212. The molecule has 0 aliphatic carbocycles. The molecular formula is C27H28N2O7. The number of anilines is 1. The summed E-state index contributed by atoms with van der Waals surface area (Å²) in [4.78, 5) is 27.0. The van der Waals surface area contributed by atoms with Gasteiger partial charge in [-0.1, -0.05) is 24.3 Å². The molecular weight excluding hydrogens is 464 g/mol. The van der Waals surface area contributed by atoms with Crippen molar-refractivity contribution < 1.29 is 33.3 Å². The molecule has 188 valence electrons. The van der Waals surface area contributed by atoms with Crippen LogP contribution in [0, 0.1) is 0 Å². The fourth-order valence-corrected chi connectivity index (χ4v) is 3.76. The lowest BCUT2D eigenvalue weighted by Crippen LogP contribution is -2.41. The second kappa shape index (κ2) is 11.4. The van der Waals surface area contributed by atoms with Crippen LogP contribution in [-0.4, -0.2) is 63.8 Å². The number of hydrogen-bond acceptors (Lipinski definition) is 7. The highest BCUT2D eigenvalue weighted by molar-refractivity contribution is 5.95. The smallest absolute Gasteiger partial charge is 0.262 e. The highest BCUT2D eigenvalue weighted by Gasteiger charge is 2.25. The van der Waals surface area contributed by atoms with E-state index < -0.39 is 0 Å². The minimum atomic E-state index is -0.363. The van der Waals surface area contributed by atoms with Crippen LogP contribution in [0.25, 0.3) is 0 Å². The third-order valence-corrected chi connectivity index (χ3v) is 5.54. The molecule has 0 bridgehead atoms. The first kappa shape index (κ1) is 24.7. The van der Waals surface area contributed by atoms with E-state index in [2.05, 4.69) is 5.32 Å². The molecule has 1 atom stereocenters. The first-order valence-electron chi connectivity index (χ1n) is 11.4. The second-order valence-corrected chi connectivity index (χ2v) is 8.09. The maximum atomic E-state index is 13.0. The van der Waals surface area contributed by atoms with E-state index in [9.17, 15) is 9.59 Å². The van der Waals surface area contributed by atoms with Gasteiger partial charge in [0.1, 0.15) is 12.4 Å². The first-order valence-corrected chi connectivity index (χ1v) is 11.4. The average molecular weight is 493 g/mol. The van der Waals surface area contributed by atoms with Gasteiger partial charge in [0.05, 0.1) is 26.5 Å². The van der Waals surface area contributed by atoms with Crippen molar-refractivity contribution in [2.24, 2.45) is 0 Å². The van der Waals surface area contributed by atoms with E-state index in [1.54, 1.807) is 48.3 Å². The molecule has 9 nitrogen and oxygen atoms in total. The van der Waals surface area contributed by atoms with Gasteiger partial charge >= 0.3 is 0 Å². The van der Waals surface area contributed by atoms with Gasteiger partial charge in [-0.15, -0.1) is 0 Å². The fraction of sp³-hybridized carbons (Fsp3) is 0.259. The molecule has 1 aliphatic rings. The Kier molecular flexibility index (Phi) is 7.79. The van der Waals surface area contributed by atoms with Gasteiger partial charge in [-0.05, 0) is 42.5 Å². The Labute approximate surface area is 209 Å². The number of carbonyl (C=O) groups is 2. The average Bonchev–Trinajstić information content (AvgIpc) is 2.91. The lowest BCUT2D eigenvalue weighted by atomic mass is 10.1. The van der Waals surface area contributed by atoms with Gasteiger partial charge in [0.2, 0.25) is 0 Å². The van der Waals surface area contributed by atoms with Crippen molar-refractivity contribution in [1.82, 2.24) is 4.90 Å². The van der Waals surface area contributed by atoms with Crippen LogP contribution in [0.15, 0.2) is 66.7 Å². The quantitative estimate of drug-likeness (QED) is 0.487. The number of nitrogens with zero attached hydrogens (tertiary/aromatic N) is 1. The van der Waals surface area contributed by atoms with Gasteiger partial charge in [-0.2, -0.15) is 0 Å². The standard InChI is InChI=1S/C27H28N2O7/c1-29(15-19-16-34-22-10-6-7-11-24(22)36-19)27(31)18-12-13-23(25(14-18)33-3)35-17-26(30)28-20-8-4-5-9-21(20)32-2/h4-14,19H,15-17H2,1-3H3,(H,28,30)/t19-/m1/s1. The van der Waals surface area contributed by atoms with Crippen LogP contribution in [0.3, 0.4) is 0 Å². The number of methoxy groups -OCH3 is 2. The number of fused-ring (bicyclic) bond motifs is 1. The first-order chi connectivity index (χ1) is 17.5. The zero-order valence-corrected chi connectivity index (χ0v) is 20.4. The van der Waals surface area contributed by atoms with E-state index in [0.717, 1.165) is 0 Å². The van der Waals surface area contributed by atoms with E-state index in [0.29, 0.717) is 53.2 Å². The van der Waals surface area contributed by atoms with Gasteiger partial charge in [-0.25, -0.2) is 0 Å². The Bertz CT molecular complexity index is 1230. The predicted molar refractivity (Wildman–Crippen MR) is 133 cm³/mol. The molecule has 1 N–H and O–H groups in total. The third kappa shape index (κ3) is 5.80. The lowest BCUT2D eigenvalue weighted by molar-refractivity contribution is -0.118. The summed E-state index contributed by atoms with van der Waals surface area (Å²) in [5.41, 5.74) is 0.956. The maximum absolute atomic E-state index is 13.0. The maximum Gasteiger partial charge on any atom is 0.262 e. The van der Waals surface area contributed by atoms with Crippen LogP contribution in [-0.2, 0) is 4.79 Å². The van der Waals surface area contributed by atoms with E-state index in [1.165, 1.54) is 14.2 Å². The second-order valence-electron chi connectivity index (χ2n) is 8.09. The summed E-state index contributed by atoms with van der Waals surface area (Å²) in [5, 5.41) is 2.75. The van der Waals surface area contributed by atoms with Crippen LogP contribution in [0.2, 0.25) is 0 Å². The normalized spacial score (nSPS) is 13.9. The molecule has 3 aromatic rings.